The molecule has 3 aliphatic rings. The number of para-hydroxylation sites is 4. The largest absolute Gasteiger partial charge is 0.318 e. The molecule has 1 aliphatic carbocycles. The molecule has 1 fully saturated rings. The normalized spacial score (nSPS) is 25.6. The molecule has 0 N–H and O–H groups in total. The quantitative estimate of drug-likeness (QED) is 0.592. The van der Waals surface area contributed by atoms with Crippen LogP contribution in [0.4, 0.5) is 22.7 Å². The summed E-state index contributed by atoms with van der Waals surface area (Å²) in [4.78, 5) is 5.13. The molecular formula is C22H18N2. The van der Waals surface area contributed by atoms with E-state index < -0.39 is 0 Å². The van der Waals surface area contributed by atoms with Gasteiger partial charge in [0.05, 0.1) is 11.4 Å². The van der Waals surface area contributed by atoms with Gasteiger partial charge in [-0.1, -0.05) is 48.5 Å². The SMILES string of the molecule is c1ccc(N2c3ccccc3N3c4ccccc4[C@@H]4CC4C23)cc1. The standard InChI is InChI=1S/C22H18N2/c1-2-8-15(9-3-1)23-20-12-6-7-13-21(20)24-19-11-5-4-10-16(19)17-14-18(17)22(23)24/h1-13,17-18,22H,14H2/t17-,18?,22?/m0/s1. The Balaban J connectivity index is 1.62. The Morgan fingerprint density at radius 1 is 0.625 bits per heavy atom. The van der Waals surface area contributed by atoms with E-state index in [1.54, 1.807) is 0 Å². The maximum absolute atomic E-state index is 2.58. The number of fused-ring (bicyclic) bond motifs is 8. The van der Waals surface area contributed by atoms with E-state index in [1.807, 2.05) is 0 Å². The summed E-state index contributed by atoms with van der Waals surface area (Å²) in [5.41, 5.74) is 6.89. The van der Waals surface area contributed by atoms with Gasteiger partial charge in [0, 0.05) is 17.3 Å². The summed E-state index contributed by atoms with van der Waals surface area (Å²) < 4.78 is 0. The highest BCUT2D eigenvalue weighted by atomic mass is 15.4. The first-order chi connectivity index (χ1) is 11.9. The third-order valence-corrected chi connectivity index (χ3v) is 5.78. The summed E-state index contributed by atoms with van der Waals surface area (Å²) in [7, 11) is 0. The molecule has 3 aromatic rings. The second-order valence-corrected chi connectivity index (χ2v) is 7.04. The monoisotopic (exact) mass is 310 g/mol. The van der Waals surface area contributed by atoms with Crippen LogP contribution < -0.4 is 9.80 Å². The Kier molecular flexibility index (Phi) is 2.33. The van der Waals surface area contributed by atoms with Gasteiger partial charge < -0.3 is 9.80 Å². The lowest BCUT2D eigenvalue weighted by molar-refractivity contribution is 0.578. The molecule has 2 aliphatic heterocycles. The van der Waals surface area contributed by atoms with Crippen molar-refractivity contribution in [2.24, 2.45) is 5.92 Å². The van der Waals surface area contributed by atoms with Crippen LogP contribution in [0, 0.1) is 5.92 Å². The summed E-state index contributed by atoms with van der Waals surface area (Å²) in [6.45, 7) is 0. The van der Waals surface area contributed by atoms with Gasteiger partial charge in [-0.15, -0.1) is 0 Å². The third-order valence-electron chi connectivity index (χ3n) is 5.78. The topological polar surface area (TPSA) is 6.48 Å². The Morgan fingerprint density at radius 3 is 2.04 bits per heavy atom. The minimum absolute atomic E-state index is 0.407. The lowest BCUT2D eigenvalue weighted by Gasteiger charge is -2.37. The maximum Gasteiger partial charge on any atom is 0.114 e. The Morgan fingerprint density at radius 2 is 1.25 bits per heavy atom. The van der Waals surface area contributed by atoms with Crippen LogP contribution in [-0.4, -0.2) is 6.17 Å². The zero-order chi connectivity index (χ0) is 15.7. The highest BCUT2D eigenvalue weighted by Crippen LogP contribution is 2.64. The molecule has 0 saturated heterocycles. The molecule has 6 rings (SSSR count). The van der Waals surface area contributed by atoms with E-state index in [0.29, 0.717) is 12.1 Å². The molecule has 24 heavy (non-hydrogen) atoms. The van der Waals surface area contributed by atoms with E-state index in [-0.39, 0.29) is 0 Å². The maximum atomic E-state index is 2.58. The fraction of sp³-hybridized carbons (Fsp3) is 0.182. The average molecular weight is 310 g/mol. The van der Waals surface area contributed by atoms with Crippen molar-refractivity contribution in [3.05, 3.63) is 84.4 Å². The number of benzene rings is 3. The minimum atomic E-state index is 0.407. The summed E-state index contributed by atoms with van der Waals surface area (Å²) in [6, 6.07) is 28.7. The van der Waals surface area contributed by atoms with Gasteiger partial charge in [0.2, 0.25) is 0 Å². The molecule has 0 aromatic heterocycles. The van der Waals surface area contributed by atoms with Gasteiger partial charge in [-0.25, -0.2) is 0 Å². The first kappa shape index (κ1) is 12.7. The van der Waals surface area contributed by atoms with Gasteiger partial charge in [-0.2, -0.15) is 0 Å². The zero-order valence-electron chi connectivity index (χ0n) is 13.3. The molecule has 0 spiro atoms. The summed E-state index contributed by atoms with van der Waals surface area (Å²) in [5.74, 6) is 1.44. The van der Waals surface area contributed by atoms with Crippen molar-refractivity contribution < 1.29 is 0 Å². The van der Waals surface area contributed by atoms with Gasteiger partial charge in [0.25, 0.3) is 0 Å². The molecule has 2 nitrogen and oxygen atoms in total. The van der Waals surface area contributed by atoms with Gasteiger partial charge >= 0.3 is 0 Å². The van der Waals surface area contributed by atoms with E-state index in [4.69, 9.17) is 0 Å². The molecule has 1 saturated carbocycles. The van der Waals surface area contributed by atoms with Crippen molar-refractivity contribution in [3.63, 3.8) is 0 Å². The zero-order valence-corrected chi connectivity index (χ0v) is 13.3. The Labute approximate surface area is 142 Å². The fourth-order valence-corrected chi connectivity index (χ4v) is 4.73. The Hall–Kier alpha value is -2.74. The number of rotatable bonds is 1. The lowest BCUT2D eigenvalue weighted by Crippen LogP contribution is -2.42. The van der Waals surface area contributed by atoms with Crippen molar-refractivity contribution in [2.75, 3.05) is 9.80 Å². The highest BCUT2D eigenvalue weighted by Gasteiger charge is 2.57. The van der Waals surface area contributed by atoms with E-state index in [9.17, 15) is 0 Å². The van der Waals surface area contributed by atoms with E-state index >= 15 is 0 Å². The van der Waals surface area contributed by atoms with Crippen LogP contribution >= 0.6 is 0 Å². The molecule has 2 heteroatoms. The molecule has 0 amide bonds. The highest BCUT2D eigenvalue weighted by molar-refractivity contribution is 5.90. The number of hydrogen-bond acceptors (Lipinski definition) is 2. The first-order valence-corrected chi connectivity index (χ1v) is 8.75. The summed E-state index contributed by atoms with van der Waals surface area (Å²) in [5, 5.41) is 0. The van der Waals surface area contributed by atoms with Crippen LogP contribution in [-0.2, 0) is 0 Å². The van der Waals surface area contributed by atoms with E-state index in [2.05, 4.69) is 88.7 Å². The predicted octanol–water partition coefficient (Wildman–Crippen LogP) is 5.42. The second-order valence-electron chi connectivity index (χ2n) is 7.04. The lowest BCUT2D eigenvalue weighted by atomic mass is 9.99. The van der Waals surface area contributed by atoms with Crippen molar-refractivity contribution in [1.29, 1.82) is 0 Å². The second kappa shape index (κ2) is 4.41. The van der Waals surface area contributed by atoms with Gasteiger partial charge in [0.1, 0.15) is 6.17 Å². The molecule has 0 radical (unpaired) electrons. The van der Waals surface area contributed by atoms with Crippen molar-refractivity contribution in [3.8, 4) is 0 Å². The van der Waals surface area contributed by atoms with E-state index in [0.717, 1.165) is 5.92 Å². The molecule has 2 heterocycles. The van der Waals surface area contributed by atoms with Gasteiger partial charge in [0.15, 0.2) is 0 Å². The third kappa shape index (κ3) is 1.51. The molecular weight excluding hydrogens is 292 g/mol. The molecule has 3 atom stereocenters. The minimum Gasteiger partial charge on any atom is -0.318 e. The summed E-state index contributed by atoms with van der Waals surface area (Å²) >= 11 is 0. The van der Waals surface area contributed by atoms with Crippen molar-refractivity contribution >= 4 is 22.7 Å². The fourth-order valence-electron chi connectivity index (χ4n) is 4.73. The molecule has 2 unspecified atom stereocenters. The Bertz CT molecular complexity index is 933. The van der Waals surface area contributed by atoms with Crippen molar-refractivity contribution in [1.82, 2.24) is 0 Å². The first-order valence-electron chi connectivity index (χ1n) is 8.75. The van der Waals surface area contributed by atoms with Crippen LogP contribution in [0.2, 0.25) is 0 Å². The van der Waals surface area contributed by atoms with Gasteiger partial charge in [-0.05, 0) is 48.2 Å². The van der Waals surface area contributed by atoms with Crippen LogP contribution in [0.5, 0.6) is 0 Å². The van der Waals surface area contributed by atoms with Crippen LogP contribution in [0.25, 0.3) is 0 Å². The number of nitrogens with zero attached hydrogens (tertiary/aromatic N) is 2. The predicted molar refractivity (Wildman–Crippen MR) is 98.2 cm³/mol. The smallest absolute Gasteiger partial charge is 0.114 e. The van der Waals surface area contributed by atoms with Crippen molar-refractivity contribution in [2.45, 2.75) is 18.5 Å². The number of anilines is 4. The molecule has 116 valence electrons. The van der Waals surface area contributed by atoms with Crippen LogP contribution in [0.15, 0.2) is 78.9 Å². The van der Waals surface area contributed by atoms with E-state index in [1.165, 1.54) is 34.7 Å². The summed E-state index contributed by atoms with van der Waals surface area (Å²) in [6.07, 6.45) is 1.71. The van der Waals surface area contributed by atoms with Crippen LogP contribution in [0.1, 0.15) is 17.9 Å². The number of hydrogen-bond donors (Lipinski definition) is 0. The molecule has 0 bridgehead atoms. The average Bonchev–Trinajstić information content (AvgIpc) is 3.38. The van der Waals surface area contributed by atoms with Gasteiger partial charge in [-0.3, -0.25) is 0 Å². The molecule has 3 aromatic carbocycles. The van der Waals surface area contributed by atoms with Crippen LogP contribution in [0.3, 0.4) is 0 Å².